The molecule has 4 aliphatic carbocycles. The smallest absolute Gasteiger partial charge is 0.306 e. The van der Waals surface area contributed by atoms with E-state index in [1.54, 1.807) is 0 Å². The number of ether oxygens (including phenoxy) is 1. The maximum absolute atomic E-state index is 12.4. The summed E-state index contributed by atoms with van der Waals surface area (Å²) in [6, 6.07) is 0. The second kappa shape index (κ2) is 5.82. The lowest BCUT2D eigenvalue weighted by Crippen LogP contribution is -2.53. The van der Waals surface area contributed by atoms with Crippen LogP contribution in [0.15, 0.2) is 4.52 Å². The van der Waals surface area contributed by atoms with Crippen molar-refractivity contribution in [3.05, 3.63) is 11.7 Å². The van der Waals surface area contributed by atoms with Crippen molar-refractivity contribution in [3.8, 4) is 0 Å². The summed E-state index contributed by atoms with van der Waals surface area (Å²) in [6.45, 7) is 4.09. The van der Waals surface area contributed by atoms with Crippen LogP contribution < -0.4 is 0 Å². The van der Waals surface area contributed by atoms with Gasteiger partial charge >= 0.3 is 5.97 Å². The number of carbonyl (C=O) groups is 1. The summed E-state index contributed by atoms with van der Waals surface area (Å²) in [5.74, 6) is 2.68. The van der Waals surface area contributed by atoms with Gasteiger partial charge in [-0.15, -0.1) is 0 Å². The third-order valence-electron chi connectivity index (χ3n) is 5.99. The Kier molecular flexibility index (Phi) is 4.01. The van der Waals surface area contributed by atoms with Crippen LogP contribution in [0.5, 0.6) is 0 Å². The molecule has 2 atom stereocenters. The fourth-order valence-electron chi connectivity index (χ4n) is 5.60. The molecule has 24 heavy (non-hydrogen) atoms. The summed E-state index contributed by atoms with van der Waals surface area (Å²) in [5, 5.41) is 3.90. The van der Waals surface area contributed by atoms with Gasteiger partial charge in [-0.1, -0.05) is 34.9 Å². The SMILES string of the molecule is CC(C)c1noc(COC(=O)CC23C[C@H]4C[C@@H](CC(Br)(C4)C2)C3)n1. The van der Waals surface area contributed by atoms with Crippen molar-refractivity contribution in [2.24, 2.45) is 17.3 Å². The van der Waals surface area contributed by atoms with Crippen LogP contribution in [0.1, 0.15) is 76.4 Å². The summed E-state index contributed by atoms with van der Waals surface area (Å²) >= 11 is 3.99. The molecule has 0 spiro atoms. The van der Waals surface area contributed by atoms with Crippen LogP contribution in [0.25, 0.3) is 0 Å². The van der Waals surface area contributed by atoms with Gasteiger partial charge in [-0.05, 0) is 55.8 Å². The van der Waals surface area contributed by atoms with Crippen molar-refractivity contribution in [3.63, 3.8) is 0 Å². The number of esters is 1. The minimum Gasteiger partial charge on any atom is -0.456 e. The van der Waals surface area contributed by atoms with Crippen molar-refractivity contribution in [1.82, 2.24) is 10.1 Å². The van der Waals surface area contributed by atoms with Crippen molar-refractivity contribution < 1.29 is 14.1 Å². The van der Waals surface area contributed by atoms with Crippen LogP contribution >= 0.6 is 15.9 Å². The van der Waals surface area contributed by atoms with E-state index in [1.807, 2.05) is 13.8 Å². The standard InChI is InChI=1S/C18H25BrN2O3/c1-11(2)16-20-14(24-21-16)9-23-15(22)8-17-4-12-3-13(5-17)7-18(19,6-12)10-17/h11-13H,3-10H2,1-2H3/t12-,13-,17?,18?/m1/s1. The van der Waals surface area contributed by atoms with Crippen LogP contribution in [-0.4, -0.2) is 20.4 Å². The summed E-state index contributed by atoms with van der Waals surface area (Å²) in [6.07, 6.45) is 7.91. The molecular formula is C18H25BrN2O3. The van der Waals surface area contributed by atoms with E-state index in [1.165, 1.54) is 32.1 Å². The second-order valence-electron chi connectivity index (χ2n) is 8.65. The van der Waals surface area contributed by atoms with Crippen LogP contribution in [0.2, 0.25) is 0 Å². The molecule has 0 radical (unpaired) electrons. The number of aromatic nitrogens is 2. The summed E-state index contributed by atoms with van der Waals surface area (Å²) in [7, 11) is 0. The first-order valence-electron chi connectivity index (χ1n) is 9.02. The van der Waals surface area contributed by atoms with Crippen LogP contribution in [-0.2, 0) is 16.1 Å². The fraction of sp³-hybridized carbons (Fsp3) is 0.833. The van der Waals surface area contributed by atoms with E-state index in [0.29, 0.717) is 18.1 Å². The maximum atomic E-state index is 12.4. The zero-order valence-corrected chi connectivity index (χ0v) is 16.0. The number of carbonyl (C=O) groups excluding carboxylic acids is 1. The lowest BCUT2D eigenvalue weighted by atomic mass is 9.49. The molecule has 4 saturated carbocycles. The van der Waals surface area contributed by atoms with E-state index in [-0.39, 0.29) is 28.2 Å². The molecule has 5 rings (SSSR count). The molecule has 0 aromatic carbocycles. The molecule has 0 aliphatic heterocycles. The molecule has 1 heterocycles. The normalized spacial score (nSPS) is 37.2. The second-order valence-corrected chi connectivity index (χ2v) is 10.3. The Morgan fingerprint density at radius 2 is 2.04 bits per heavy atom. The van der Waals surface area contributed by atoms with Crippen molar-refractivity contribution in [2.45, 2.75) is 75.6 Å². The molecule has 0 saturated heterocycles. The first-order chi connectivity index (χ1) is 11.3. The maximum Gasteiger partial charge on any atom is 0.306 e. The number of halogens is 1. The Balaban J connectivity index is 1.36. The van der Waals surface area contributed by atoms with E-state index >= 15 is 0 Å². The molecule has 0 amide bonds. The van der Waals surface area contributed by atoms with Crippen molar-refractivity contribution >= 4 is 21.9 Å². The van der Waals surface area contributed by atoms with Crippen molar-refractivity contribution in [1.29, 1.82) is 0 Å². The molecule has 4 bridgehead atoms. The lowest BCUT2D eigenvalue weighted by molar-refractivity contribution is -0.153. The lowest BCUT2D eigenvalue weighted by Gasteiger charge is -2.60. The highest BCUT2D eigenvalue weighted by molar-refractivity contribution is 9.10. The van der Waals surface area contributed by atoms with Gasteiger partial charge in [0.05, 0.1) is 6.42 Å². The van der Waals surface area contributed by atoms with E-state index in [0.717, 1.165) is 18.3 Å². The Bertz CT molecular complexity index is 628. The Hall–Kier alpha value is -0.910. The highest BCUT2D eigenvalue weighted by Crippen LogP contribution is 2.65. The Morgan fingerprint density at radius 1 is 1.33 bits per heavy atom. The van der Waals surface area contributed by atoms with Gasteiger partial charge in [-0.2, -0.15) is 4.98 Å². The average molecular weight is 397 g/mol. The summed E-state index contributed by atoms with van der Waals surface area (Å²) in [5.41, 5.74) is 0.141. The first-order valence-corrected chi connectivity index (χ1v) is 9.81. The van der Waals surface area contributed by atoms with Gasteiger partial charge in [0.2, 0.25) is 0 Å². The monoisotopic (exact) mass is 396 g/mol. The van der Waals surface area contributed by atoms with Gasteiger partial charge in [-0.25, -0.2) is 0 Å². The van der Waals surface area contributed by atoms with Gasteiger partial charge in [0, 0.05) is 10.2 Å². The topological polar surface area (TPSA) is 65.2 Å². The summed E-state index contributed by atoms with van der Waals surface area (Å²) in [4.78, 5) is 16.7. The van der Waals surface area contributed by atoms with Gasteiger partial charge < -0.3 is 9.26 Å². The molecule has 4 fully saturated rings. The molecule has 0 unspecified atom stereocenters. The number of hydrogen-bond acceptors (Lipinski definition) is 5. The predicted octanol–water partition coefficient (Wildman–Crippen LogP) is 4.36. The summed E-state index contributed by atoms with van der Waals surface area (Å²) < 4.78 is 10.9. The number of alkyl halides is 1. The predicted molar refractivity (Wildman–Crippen MR) is 91.6 cm³/mol. The fourth-order valence-corrected chi connectivity index (χ4v) is 7.11. The van der Waals surface area contributed by atoms with Crippen LogP contribution in [0, 0.1) is 17.3 Å². The van der Waals surface area contributed by atoms with Gasteiger partial charge in [0.25, 0.3) is 5.89 Å². The average Bonchev–Trinajstić information content (AvgIpc) is 2.91. The zero-order chi connectivity index (χ0) is 16.9. The molecule has 4 aliphatic rings. The quantitative estimate of drug-likeness (QED) is 0.546. The van der Waals surface area contributed by atoms with Crippen molar-refractivity contribution in [2.75, 3.05) is 0 Å². The highest BCUT2D eigenvalue weighted by Gasteiger charge is 2.57. The number of nitrogens with zero attached hydrogens (tertiary/aromatic N) is 2. The third kappa shape index (κ3) is 3.14. The first kappa shape index (κ1) is 16.6. The highest BCUT2D eigenvalue weighted by atomic mass is 79.9. The number of rotatable bonds is 5. The van der Waals surface area contributed by atoms with Crippen LogP contribution in [0.3, 0.4) is 0 Å². The molecule has 132 valence electrons. The largest absolute Gasteiger partial charge is 0.456 e. The van der Waals surface area contributed by atoms with E-state index in [9.17, 15) is 4.79 Å². The van der Waals surface area contributed by atoms with E-state index in [4.69, 9.17) is 9.26 Å². The third-order valence-corrected chi connectivity index (χ3v) is 6.91. The molecular weight excluding hydrogens is 372 g/mol. The molecule has 1 aromatic heterocycles. The van der Waals surface area contributed by atoms with E-state index < -0.39 is 0 Å². The zero-order valence-electron chi connectivity index (χ0n) is 14.4. The van der Waals surface area contributed by atoms with E-state index in [2.05, 4.69) is 26.1 Å². The molecule has 0 N–H and O–H groups in total. The number of hydrogen-bond donors (Lipinski definition) is 0. The minimum atomic E-state index is -0.127. The molecule has 6 heteroatoms. The van der Waals surface area contributed by atoms with Gasteiger partial charge in [-0.3, -0.25) is 4.79 Å². The minimum absolute atomic E-state index is 0.0843. The molecule has 5 nitrogen and oxygen atoms in total. The Morgan fingerprint density at radius 3 is 2.62 bits per heavy atom. The molecule has 1 aromatic rings. The van der Waals surface area contributed by atoms with Crippen LogP contribution in [0.4, 0.5) is 0 Å². The van der Waals surface area contributed by atoms with Gasteiger partial charge in [0.15, 0.2) is 12.4 Å². The Labute approximate surface area is 151 Å². The van der Waals surface area contributed by atoms with Gasteiger partial charge in [0.1, 0.15) is 0 Å².